The SMILES string of the molecule is CCCC(C)(CO)NC(=O)NC1CCC(Oc2ncccc2Cl)CC1. The topological polar surface area (TPSA) is 83.5 Å². The molecular formula is C18H28ClN3O3. The molecule has 1 fully saturated rings. The molecule has 0 aliphatic heterocycles. The Hall–Kier alpha value is -1.53. The molecule has 1 atom stereocenters. The van der Waals surface area contributed by atoms with Crippen molar-refractivity contribution in [3.05, 3.63) is 23.4 Å². The van der Waals surface area contributed by atoms with E-state index in [4.69, 9.17) is 16.3 Å². The molecule has 1 aliphatic carbocycles. The summed E-state index contributed by atoms with van der Waals surface area (Å²) >= 11 is 6.07. The van der Waals surface area contributed by atoms with Gasteiger partial charge in [-0.25, -0.2) is 9.78 Å². The molecule has 1 unspecified atom stereocenters. The van der Waals surface area contributed by atoms with Gasteiger partial charge < -0.3 is 20.5 Å². The van der Waals surface area contributed by atoms with Crippen LogP contribution in [0.5, 0.6) is 5.88 Å². The predicted molar refractivity (Wildman–Crippen MR) is 98.0 cm³/mol. The highest BCUT2D eigenvalue weighted by atomic mass is 35.5. The van der Waals surface area contributed by atoms with Crippen molar-refractivity contribution in [2.75, 3.05) is 6.61 Å². The standard InChI is InChI=1S/C18H28ClN3O3/c1-3-10-18(2,12-23)22-17(24)21-13-6-8-14(9-7-13)25-16-15(19)5-4-11-20-16/h4-5,11,13-14,23H,3,6-10,12H2,1-2H3,(H2,21,22,24). The first-order valence-corrected chi connectivity index (χ1v) is 9.30. The van der Waals surface area contributed by atoms with E-state index in [0.717, 1.165) is 38.5 Å². The lowest BCUT2D eigenvalue weighted by Gasteiger charge is -2.32. The van der Waals surface area contributed by atoms with Crippen molar-refractivity contribution in [3.63, 3.8) is 0 Å². The molecule has 140 valence electrons. The van der Waals surface area contributed by atoms with Gasteiger partial charge in [0.2, 0.25) is 5.88 Å². The number of aromatic nitrogens is 1. The summed E-state index contributed by atoms with van der Waals surface area (Å²) in [5.74, 6) is 0.469. The number of nitrogens with zero attached hydrogens (tertiary/aromatic N) is 1. The van der Waals surface area contributed by atoms with Crippen LogP contribution in [0.4, 0.5) is 4.79 Å². The Morgan fingerprint density at radius 2 is 2.16 bits per heavy atom. The van der Waals surface area contributed by atoms with E-state index < -0.39 is 5.54 Å². The zero-order valence-corrected chi connectivity index (χ0v) is 15.7. The van der Waals surface area contributed by atoms with Gasteiger partial charge in [-0.1, -0.05) is 24.9 Å². The summed E-state index contributed by atoms with van der Waals surface area (Å²) in [6, 6.07) is 3.43. The molecule has 1 aromatic heterocycles. The summed E-state index contributed by atoms with van der Waals surface area (Å²) in [5.41, 5.74) is -0.575. The molecule has 7 heteroatoms. The average molecular weight is 370 g/mol. The van der Waals surface area contributed by atoms with Gasteiger partial charge in [-0.2, -0.15) is 0 Å². The number of halogens is 1. The van der Waals surface area contributed by atoms with Crippen LogP contribution in [-0.4, -0.2) is 40.4 Å². The highest BCUT2D eigenvalue weighted by molar-refractivity contribution is 6.31. The molecule has 0 spiro atoms. The summed E-state index contributed by atoms with van der Waals surface area (Å²) in [5, 5.41) is 15.9. The zero-order valence-electron chi connectivity index (χ0n) is 14.9. The van der Waals surface area contributed by atoms with Gasteiger partial charge in [0, 0.05) is 12.2 Å². The molecule has 1 aliphatic rings. The Bertz CT molecular complexity index is 564. The Kier molecular flexibility index (Phi) is 7.32. The van der Waals surface area contributed by atoms with E-state index >= 15 is 0 Å². The molecule has 0 saturated heterocycles. The van der Waals surface area contributed by atoms with E-state index in [1.807, 2.05) is 13.8 Å². The van der Waals surface area contributed by atoms with Crippen LogP contribution < -0.4 is 15.4 Å². The quantitative estimate of drug-likeness (QED) is 0.688. The Balaban J connectivity index is 1.76. The van der Waals surface area contributed by atoms with Crippen LogP contribution in [0.3, 0.4) is 0 Å². The normalized spacial score (nSPS) is 22.7. The second-order valence-electron chi connectivity index (χ2n) is 6.95. The van der Waals surface area contributed by atoms with Crippen molar-refractivity contribution >= 4 is 17.6 Å². The molecule has 1 saturated carbocycles. The van der Waals surface area contributed by atoms with Gasteiger partial charge in [-0.05, 0) is 51.2 Å². The van der Waals surface area contributed by atoms with E-state index in [1.54, 1.807) is 18.3 Å². The number of hydrogen-bond acceptors (Lipinski definition) is 4. The minimum Gasteiger partial charge on any atom is -0.473 e. The fourth-order valence-electron chi connectivity index (χ4n) is 3.17. The fourth-order valence-corrected chi connectivity index (χ4v) is 3.34. The van der Waals surface area contributed by atoms with Crippen LogP contribution in [0.2, 0.25) is 5.02 Å². The summed E-state index contributed by atoms with van der Waals surface area (Å²) in [4.78, 5) is 16.3. The Labute approximate surface area is 154 Å². The number of pyridine rings is 1. The van der Waals surface area contributed by atoms with Crippen LogP contribution in [0.1, 0.15) is 52.4 Å². The van der Waals surface area contributed by atoms with Crippen molar-refractivity contribution < 1.29 is 14.6 Å². The summed E-state index contributed by atoms with van der Waals surface area (Å²) in [6.45, 7) is 3.82. The number of rotatable bonds is 7. The minimum absolute atomic E-state index is 0.0660. The molecule has 0 radical (unpaired) electrons. The molecular weight excluding hydrogens is 342 g/mol. The van der Waals surface area contributed by atoms with Crippen LogP contribution in [0, 0.1) is 0 Å². The molecule has 6 nitrogen and oxygen atoms in total. The lowest BCUT2D eigenvalue weighted by molar-refractivity contribution is 0.131. The van der Waals surface area contributed by atoms with Crippen LogP contribution in [-0.2, 0) is 0 Å². The maximum Gasteiger partial charge on any atom is 0.315 e. The molecule has 1 heterocycles. The number of carbonyl (C=O) groups is 1. The first kappa shape index (κ1) is 19.8. The van der Waals surface area contributed by atoms with Gasteiger partial charge in [-0.3, -0.25) is 0 Å². The summed E-state index contributed by atoms with van der Waals surface area (Å²) < 4.78 is 5.86. The number of nitrogens with one attached hydrogen (secondary N) is 2. The van der Waals surface area contributed by atoms with Gasteiger partial charge >= 0.3 is 6.03 Å². The highest BCUT2D eigenvalue weighted by Crippen LogP contribution is 2.27. The molecule has 2 rings (SSSR count). The Morgan fingerprint density at radius 3 is 2.76 bits per heavy atom. The maximum absolute atomic E-state index is 12.2. The highest BCUT2D eigenvalue weighted by Gasteiger charge is 2.28. The molecule has 0 aromatic carbocycles. The smallest absolute Gasteiger partial charge is 0.315 e. The minimum atomic E-state index is -0.575. The second kappa shape index (κ2) is 9.25. The van der Waals surface area contributed by atoms with Crippen LogP contribution >= 0.6 is 11.6 Å². The zero-order chi connectivity index (χ0) is 18.3. The third-order valence-corrected chi connectivity index (χ3v) is 4.87. The number of urea groups is 1. The van der Waals surface area contributed by atoms with Crippen molar-refractivity contribution in [1.29, 1.82) is 0 Å². The van der Waals surface area contributed by atoms with Crippen molar-refractivity contribution in [2.24, 2.45) is 0 Å². The number of hydrogen-bond donors (Lipinski definition) is 3. The molecule has 2 amide bonds. The number of aliphatic hydroxyl groups is 1. The van der Waals surface area contributed by atoms with E-state index in [-0.39, 0.29) is 24.8 Å². The van der Waals surface area contributed by atoms with E-state index in [2.05, 4.69) is 15.6 Å². The lowest BCUT2D eigenvalue weighted by atomic mass is 9.93. The number of amides is 2. The molecule has 1 aromatic rings. The first-order chi connectivity index (χ1) is 12.0. The number of ether oxygens (including phenoxy) is 1. The van der Waals surface area contributed by atoms with Crippen LogP contribution in [0.25, 0.3) is 0 Å². The first-order valence-electron chi connectivity index (χ1n) is 8.92. The largest absolute Gasteiger partial charge is 0.473 e. The van der Waals surface area contributed by atoms with Gasteiger partial charge in [0.15, 0.2) is 0 Å². The van der Waals surface area contributed by atoms with E-state index in [0.29, 0.717) is 10.9 Å². The third-order valence-electron chi connectivity index (χ3n) is 4.58. The summed E-state index contributed by atoms with van der Waals surface area (Å²) in [6.07, 6.45) is 6.72. The van der Waals surface area contributed by atoms with Gasteiger partial charge in [0.25, 0.3) is 0 Å². The van der Waals surface area contributed by atoms with Gasteiger partial charge in [0.05, 0.1) is 12.1 Å². The monoisotopic (exact) mass is 369 g/mol. The maximum atomic E-state index is 12.2. The third kappa shape index (κ3) is 6.04. The molecule has 25 heavy (non-hydrogen) atoms. The average Bonchev–Trinajstić information content (AvgIpc) is 2.58. The molecule has 0 bridgehead atoms. The van der Waals surface area contributed by atoms with Crippen LogP contribution in [0.15, 0.2) is 18.3 Å². The van der Waals surface area contributed by atoms with E-state index in [9.17, 15) is 9.90 Å². The summed E-state index contributed by atoms with van der Waals surface area (Å²) in [7, 11) is 0. The fraction of sp³-hybridized carbons (Fsp3) is 0.667. The van der Waals surface area contributed by atoms with Gasteiger partial charge in [-0.15, -0.1) is 0 Å². The lowest BCUT2D eigenvalue weighted by Crippen LogP contribution is -2.54. The van der Waals surface area contributed by atoms with Crippen molar-refractivity contribution in [3.8, 4) is 5.88 Å². The number of aliphatic hydroxyl groups excluding tert-OH is 1. The molecule has 3 N–H and O–H groups in total. The van der Waals surface area contributed by atoms with E-state index in [1.165, 1.54) is 0 Å². The van der Waals surface area contributed by atoms with Crippen molar-refractivity contribution in [2.45, 2.75) is 70.1 Å². The predicted octanol–water partition coefficient (Wildman–Crippen LogP) is 3.28. The van der Waals surface area contributed by atoms with Gasteiger partial charge in [0.1, 0.15) is 11.1 Å². The number of carbonyl (C=O) groups excluding carboxylic acids is 1. The Morgan fingerprint density at radius 1 is 1.44 bits per heavy atom. The van der Waals surface area contributed by atoms with Crippen molar-refractivity contribution in [1.82, 2.24) is 15.6 Å². The second-order valence-corrected chi connectivity index (χ2v) is 7.36.